The minimum Gasteiger partial charge on any atom is -0.461 e. The highest BCUT2D eigenvalue weighted by Crippen LogP contribution is 2.34. The molecule has 8 nitrogen and oxygen atoms in total. The van der Waals surface area contributed by atoms with Crippen LogP contribution in [0.4, 0.5) is 5.13 Å². The smallest absolute Gasteiger partial charge is 0.355 e. The number of Topliss-reactive ketones (excluding diaryl/α,β-unsaturated/α-hetero) is 1. The lowest BCUT2D eigenvalue weighted by atomic mass is 10.1. The molecule has 10 heteroatoms. The lowest BCUT2D eigenvalue weighted by Gasteiger charge is -2.05. The van der Waals surface area contributed by atoms with E-state index in [4.69, 9.17) is 9.47 Å². The molecule has 0 bridgehead atoms. The third-order valence-corrected chi connectivity index (χ3v) is 6.50. The third kappa shape index (κ3) is 4.18. The Kier molecular flexibility index (Phi) is 6.04. The van der Waals surface area contributed by atoms with E-state index in [1.165, 1.54) is 22.7 Å². The number of esters is 2. The number of nitrogens with one attached hydrogen (secondary N) is 1. The number of fused-ring (bicyclic) bond motifs is 1. The van der Waals surface area contributed by atoms with E-state index in [1.807, 2.05) is 19.0 Å². The van der Waals surface area contributed by atoms with Gasteiger partial charge in [0.1, 0.15) is 15.4 Å². The van der Waals surface area contributed by atoms with Crippen molar-refractivity contribution >= 4 is 55.1 Å². The Morgan fingerprint density at radius 2 is 1.86 bits per heavy atom. The predicted molar refractivity (Wildman–Crippen MR) is 113 cm³/mol. The number of nitrogens with zero attached hydrogens (tertiary/aromatic N) is 2. The molecule has 0 saturated carbocycles. The molecule has 0 fully saturated rings. The number of carbonyl (C=O) groups excluding carboxylic acids is 3. The Bertz CT molecular complexity index is 1060. The van der Waals surface area contributed by atoms with Gasteiger partial charge in [-0.05, 0) is 32.4 Å². The van der Waals surface area contributed by atoms with Crippen LogP contribution in [-0.4, -0.2) is 55.0 Å². The number of hydrogen-bond acceptors (Lipinski definition) is 9. The molecular formula is C19H21N3O5S2. The second-order valence-electron chi connectivity index (χ2n) is 6.52. The zero-order chi connectivity index (χ0) is 21.3. The van der Waals surface area contributed by atoms with Crippen molar-refractivity contribution in [2.24, 2.45) is 0 Å². The van der Waals surface area contributed by atoms with Crippen LogP contribution in [0.15, 0.2) is 6.07 Å². The van der Waals surface area contributed by atoms with E-state index in [-0.39, 0.29) is 18.1 Å². The van der Waals surface area contributed by atoms with Crippen molar-refractivity contribution in [3.63, 3.8) is 0 Å². The fourth-order valence-corrected chi connectivity index (χ4v) is 4.89. The maximum atomic E-state index is 12.6. The summed E-state index contributed by atoms with van der Waals surface area (Å²) in [6.45, 7) is 4.88. The molecule has 3 heterocycles. The number of rotatable bonds is 7. The van der Waals surface area contributed by atoms with E-state index in [9.17, 15) is 14.4 Å². The highest BCUT2D eigenvalue weighted by atomic mass is 32.1. The van der Waals surface area contributed by atoms with Crippen molar-refractivity contribution in [2.75, 3.05) is 32.2 Å². The Hall–Kier alpha value is -2.72. The molecule has 0 aromatic carbocycles. The molecule has 3 rings (SSSR count). The Morgan fingerprint density at radius 1 is 1.14 bits per heavy atom. The van der Waals surface area contributed by atoms with Crippen LogP contribution >= 0.6 is 22.7 Å². The van der Waals surface area contributed by atoms with Crippen molar-refractivity contribution in [1.29, 1.82) is 0 Å². The zero-order valence-electron chi connectivity index (χ0n) is 16.7. The monoisotopic (exact) mass is 435 g/mol. The van der Waals surface area contributed by atoms with Crippen LogP contribution < -0.4 is 4.90 Å². The first-order valence-electron chi connectivity index (χ1n) is 8.87. The lowest BCUT2D eigenvalue weighted by molar-refractivity contribution is 0.0478. The number of H-pyrrole nitrogens is 1. The molecule has 0 radical (unpaired) electrons. The summed E-state index contributed by atoms with van der Waals surface area (Å²) in [6, 6.07) is 1.73. The number of aryl methyl sites for hydroxylation is 1. The molecule has 0 amide bonds. The highest BCUT2D eigenvalue weighted by Gasteiger charge is 2.24. The maximum Gasteiger partial charge on any atom is 0.355 e. The summed E-state index contributed by atoms with van der Waals surface area (Å²) < 4.78 is 11.1. The molecular weight excluding hydrogens is 414 g/mol. The molecule has 0 atom stereocenters. The van der Waals surface area contributed by atoms with Gasteiger partial charge in [-0.25, -0.2) is 14.6 Å². The molecule has 0 spiro atoms. The van der Waals surface area contributed by atoms with Crippen molar-refractivity contribution in [3.8, 4) is 0 Å². The number of hydrogen-bond donors (Lipinski definition) is 1. The number of aromatic amines is 1. The van der Waals surface area contributed by atoms with Gasteiger partial charge in [0.15, 0.2) is 11.7 Å². The minimum atomic E-state index is -0.573. The molecule has 0 unspecified atom stereocenters. The van der Waals surface area contributed by atoms with Gasteiger partial charge < -0.3 is 19.4 Å². The first-order valence-corrected chi connectivity index (χ1v) is 10.5. The minimum absolute atomic E-state index is 0.236. The number of aromatic nitrogens is 2. The third-order valence-electron chi connectivity index (χ3n) is 4.19. The van der Waals surface area contributed by atoms with Gasteiger partial charge in [-0.1, -0.05) is 11.3 Å². The number of ether oxygens (including phenoxy) is 2. The second kappa shape index (κ2) is 8.34. The molecule has 0 aliphatic carbocycles. The fraction of sp³-hybridized carbons (Fsp3) is 0.368. The molecule has 1 N–H and O–H groups in total. The van der Waals surface area contributed by atoms with Crippen molar-refractivity contribution < 1.29 is 23.9 Å². The van der Waals surface area contributed by atoms with E-state index in [2.05, 4.69) is 9.97 Å². The van der Waals surface area contributed by atoms with E-state index in [1.54, 1.807) is 26.8 Å². The summed E-state index contributed by atoms with van der Waals surface area (Å²) >= 11 is 2.71. The number of thiazole rings is 1. The summed E-state index contributed by atoms with van der Waals surface area (Å²) in [7, 11) is 3.81. The van der Waals surface area contributed by atoms with Crippen LogP contribution in [0, 0.1) is 13.8 Å². The summed E-state index contributed by atoms with van der Waals surface area (Å²) in [4.78, 5) is 47.3. The SMILES string of the molecule is CCOC(=O)c1[nH]c(C)c(C(=O)COC(=O)c2cc3sc(N(C)C)nc3s2)c1C. The topological polar surface area (TPSA) is 102 Å². The van der Waals surface area contributed by atoms with Gasteiger partial charge in [0.2, 0.25) is 5.78 Å². The maximum absolute atomic E-state index is 12.6. The molecule has 0 aliphatic rings. The van der Waals surface area contributed by atoms with Crippen molar-refractivity contribution in [1.82, 2.24) is 9.97 Å². The fourth-order valence-electron chi connectivity index (χ4n) is 2.87. The molecule has 154 valence electrons. The molecule has 0 aliphatic heterocycles. The van der Waals surface area contributed by atoms with Crippen LogP contribution in [0.1, 0.15) is 48.7 Å². The standard InChI is InChI=1S/C19H21N3O5S2/c1-6-26-18(25)15-9(2)14(10(3)20-15)11(23)8-27-17(24)13-7-12-16(28-13)21-19(29-12)22(4)5/h7,20H,6,8H2,1-5H3. The largest absolute Gasteiger partial charge is 0.461 e. The number of anilines is 1. The van der Waals surface area contributed by atoms with Crippen LogP contribution in [0.2, 0.25) is 0 Å². The summed E-state index contributed by atoms with van der Waals surface area (Å²) in [5, 5.41) is 0.858. The van der Waals surface area contributed by atoms with Gasteiger partial charge in [0.05, 0.1) is 11.3 Å². The van der Waals surface area contributed by atoms with Crippen LogP contribution in [0.5, 0.6) is 0 Å². The average molecular weight is 436 g/mol. The summed E-state index contributed by atoms with van der Waals surface area (Å²) in [5.74, 6) is -1.48. The Labute approximate surface area is 175 Å². The quantitative estimate of drug-likeness (QED) is 0.447. The number of ketones is 1. The molecule has 3 aromatic rings. The molecule has 29 heavy (non-hydrogen) atoms. The van der Waals surface area contributed by atoms with E-state index in [0.717, 1.165) is 14.7 Å². The first kappa shape index (κ1) is 21.0. The average Bonchev–Trinajstić information content (AvgIpc) is 3.31. The number of carbonyl (C=O) groups is 3. The van der Waals surface area contributed by atoms with Gasteiger partial charge in [0.25, 0.3) is 0 Å². The van der Waals surface area contributed by atoms with Gasteiger partial charge in [-0.15, -0.1) is 11.3 Å². The van der Waals surface area contributed by atoms with Crippen LogP contribution in [0.25, 0.3) is 9.53 Å². The normalized spacial score (nSPS) is 10.9. The van der Waals surface area contributed by atoms with E-state index >= 15 is 0 Å². The van der Waals surface area contributed by atoms with Crippen LogP contribution in [-0.2, 0) is 9.47 Å². The zero-order valence-corrected chi connectivity index (χ0v) is 18.4. The second-order valence-corrected chi connectivity index (χ2v) is 8.56. The first-order chi connectivity index (χ1) is 13.7. The van der Waals surface area contributed by atoms with Gasteiger partial charge in [-0.2, -0.15) is 0 Å². The van der Waals surface area contributed by atoms with E-state index < -0.39 is 18.5 Å². The van der Waals surface area contributed by atoms with Crippen molar-refractivity contribution in [3.05, 3.63) is 33.5 Å². The Balaban J connectivity index is 1.69. The summed E-state index contributed by atoms with van der Waals surface area (Å²) in [6.07, 6.45) is 0. The lowest BCUT2D eigenvalue weighted by Crippen LogP contribution is -2.15. The molecule has 0 saturated heterocycles. The summed E-state index contributed by atoms with van der Waals surface area (Å²) in [5.41, 5.74) is 1.59. The van der Waals surface area contributed by atoms with Gasteiger partial charge in [0, 0.05) is 25.4 Å². The van der Waals surface area contributed by atoms with E-state index in [0.29, 0.717) is 21.7 Å². The molecule has 3 aromatic heterocycles. The van der Waals surface area contributed by atoms with Crippen LogP contribution in [0.3, 0.4) is 0 Å². The van der Waals surface area contributed by atoms with Crippen molar-refractivity contribution in [2.45, 2.75) is 20.8 Å². The van der Waals surface area contributed by atoms with Gasteiger partial charge in [-0.3, -0.25) is 4.79 Å². The highest BCUT2D eigenvalue weighted by molar-refractivity contribution is 7.29. The van der Waals surface area contributed by atoms with Gasteiger partial charge >= 0.3 is 11.9 Å². The predicted octanol–water partition coefficient (Wildman–Crippen LogP) is 3.59. The number of thiophene rings is 1. The Morgan fingerprint density at radius 3 is 2.48 bits per heavy atom.